The lowest BCUT2D eigenvalue weighted by molar-refractivity contribution is -0.112. The standard InChI is InChI=1S/C25H25ClN4O/c1-15-10-16(2)24(17(3)11-15)28-25(31)21(13-27)12-22-18(4)29-30(19(22)5)14-20-8-6-7-9-23(20)26/h6-12H,14H2,1-5H3,(H,28,31)/b21-12+. The van der Waals surface area contributed by atoms with E-state index in [0.29, 0.717) is 11.6 Å². The van der Waals surface area contributed by atoms with Gasteiger partial charge in [-0.05, 0) is 63.5 Å². The summed E-state index contributed by atoms with van der Waals surface area (Å²) in [6.07, 6.45) is 1.61. The monoisotopic (exact) mass is 432 g/mol. The third-order valence-electron chi connectivity index (χ3n) is 5.28. The van der Waals surface area contributed by atoms with Crippen LogP contribution in [-0.2, 0) is 11.3 Å². The van der Waals surface area contributed by atoms with E-state index < -0.39 is 5.91 Å². The van der Waals surface area contributed by atoms with E-state index >= 15 is 0 Å². The average Bonchev–Trinajstić information content (AvgIpc) is 2.97. The molecule has 1 aromatic heterocycles. The summed E-state index contributed by atoms with van der Waals surface area (Å²) in [5.74, 6) is -0.435. The zero-order valence-corrected chi connectivity index (χ0v) is 19.1. The molecule has 0 saturated carbocycles. The van der Waals surface area contributed by atoms with Crippen molar-refractivity contribution in [1.29, 1.82) is 5.26 Å². The summed E-state index contributed by atoms with van der Waals surface area (Å²) in [6, 6.07) is 13.7. The Morgan fingerprint density at radius 3 is 2.42 bits per heavy atom. The van der Waals surface area contributed by atoms with Crippen LogP contribution in [-0.4, -0.2) is 15.7 Å². The van der Waals surface area contributed by atoms with E-state index in [1.54, 1.807) is 6.08 Å². The fourth-order valence-corrected chi connectivity index (χ4v) is 3.91. The fourth-order valence-electron chi connectivity index (χ4n) is 3.71. The highest BCUT2D eigenvalue weighted by molar-refractivity contribution is 6.31. The smallest absolute Gasteiger partial charge is 0.266 e. The molecule has 0 radical (unpaired) electrons. The normalized spacial score (nSPS) is 11.3. The minimum absolute atomic E-state index is 0.0304. The second-order valence-electron chi connectivity index (χ2n) is 7.73. The third-order valence-corrected chi connectivity index (χ3v) is 5.65. The summed E-state index contributed by atoms with van der Waals surface area (Å²) in [5.41, 5.74) is 7.13. The molecule has 0 atom stereocenters. The number of rotatable bonds is 5. The molecule has 6 heteroatoms. The van der Waals surface area contributed by atoms with Crippen molar-refractivity contribution >= 4 is 29.3 Å². The van der Waals surface area contributed by atoms with E-state index in [4.69, 9.17) is 11.6 Å². The number of aromatic nitrogens is 2. The van der Waals surface area contributed by atoms with Crippen LogP contribution in [0.15, 0.2) is 42.0 Å². The summed E-state index contributed by atoms with van der Waals surface area (Å²) in [6.45, 7) is 10.2. The number of carbonyl (C=O) groups is 1. The van der Waals surface area contributed by atoms with Crippen LogP contribution < -0.4 is 5.32 Å². The van der Waals surface area contributed by atoms with Crippen molar-refractivity contribution in [3.63, 3.8) is 0 Å². The number of nitriles is 1. The van der Waals surface area contributed by atoms with Gasteiger partial charge in [0.25, 0.3) is 5.91 Å². The zero-order chi connectivity index (χ0) is 22.7. The van der Waals surface area contributed by atoms with E-state index in [9.17, 15) is 10.1 Å². The van der Waals surface area contributed by atoms with Gasteiger partial charge in [0.05, 0.1) is 12.2 Å². The molecule has 3 rings (SSSR count). The predicted molar refractivity (Wildman–Crippen MR) is 125 cm³/mol. The number of amides is 1. The van der Waals surface area contributed by atoms with Gasteiger partial charge < -0.3 is 5.32 Å². The number of hydrogen-bond acceptors (Lipinski definition) is 3. The summed E-state index contributed by atoms with van der Waals surface area (Å²) < 4.78 is 1.84. The second kappa shape index (κ2) is 9.20. The van der Waals surface area contributed by atoms with E-state index in [2.05, 4.69) is 10.4 Å². The van der Waals surface area contributed by atoms with E-state index in [0.717, 1.165) is 44.9 Å². The zero-order valence-electron chi connectivity index (χ0n) is 18.4. The highest BCUT2D eigenvalue weighted by Gasteiger charge is 2.17. The minimum atomic E-state index is -0.435. The van der Waals surface area contributed by atoms with Crippen molar-refractivity contribution in [3.8, 4) is 6.07 Å². The van der Waals surface area contributed by atoms with Gasteiger partial charge in [0.1, 0.15) is 11.6 Å². The lowest BCUT2D eigenvalue weighted by Gasteiger charge is -2.12. The highest BCUT2D eigenvalue weighted by atomic mass is 35.5. The SMILES string of the molecule is Cc1cc(C)c(NC(=O)/C(C#N)=C/c2c(C)nn(Cc3ccccc3Cl)c2C)c(C)c1. The number of halogens is 1. The Kier molecular flexibility index (Phi) is 6.62. The Bertz CT molecular complexity index is 1210. The summed E-state index contributed by atoms with van der Waals surface area (Å²) in [4.78, 5) is 12.9. The lowest BCUT2D eigenvalue weighted by atomic mass is 10.0. The molecule has 0 unspecified atom stereocenters. The molecule has 0 bridgehead atoms. The van der Waals surface area contributed by atoms with Gasteiger partial charge in [-0.2, -0.15) is 10.4 Å². The molecule has 5 nitrogen and oxygen atoms in total. The quantitative estimate of drug-likeness (QED) is 0.417. The summed E-state index contributed by atoms with van der Waals surface area (Å²) in [7, 11) is 0. The first kappa shape index (κ1) is 22.3. The molecule has 158 valence electrons. The molecule has 0 aliphatic heterocycles. The van der Waals surface area contributed by atoms with Gasteiger partial charge in [-0.1, -0.05) is 47.5 Å². The topological polar surface area (TPSA) is 70.7 Å². The number of nitrogens with zero attached hydrogens (tertiary/aromatic N) is 3. The van der Waals surface area contributed by atoms with E-state index in [1.807, 2.05) is 81.8 Å². The molecule has 3 aromatic rings. The Labute approximate surface area is 188 Å². The number of benzene rings is 2. The highest BCUT2D eigenvalue weighted by Crippen LogP contribution is 2.24. The lowest BCUT2D eigenvalue weighted by Crippen LogP contribution is -2.15. The van der Waals surface area contributed by atoms with Crippen LogP contribution >= 0.6 is 11.6 Å². The van der Waals surface area contributed by atoms with E-state index in [1.165, 1.54) is 0 Å². The summed E-state index contributed by atoms with van der Waals surface area (Å²) in [5, 5.41) is 17.8. The number of anilines is 1. The number of carbonyl (C=O) groups excluding carboxylic acids is 1. The van der Waals surface area contributed by atoms with Gasteiger partial charge >= 0.3 is 0 Å². The Morgan fingerprint density at radius 2 is 1.81 bits per heavy atom. The first-order valence-corrected chi connectivity index (χ1v) is 10.4. The van der Waals surface area contributed by atoms with Crippen LogP contribution in [0.5, 0.6) is 0 Å². The van der Waals surface area contributed by atoms with Gasteiger partial charge in [-0.15, -0.1) is 0 Å². The molecule has 2 aromatic carbocycles. The molecular formula is C25H25ClN4O. The van der Waals surface area contributed by atoms with E-state index in [-0.39, 0.29) is 5.57 Å². The van der Waals surface area contributed by atoms with Crippen LogP contribution in [0, 0.1) is 45.9 Å². The number of nitrogens with one attached hydrogen (secondary N) is 1. The van der Waals surface area contributed by atoms with Gasteiger partial charge in [0.15, 0.2) is 0 Å². The maximum Gasteiger partial charge on any atom is 0.266 e. The average molecular weight is 433 g/mol. The number of hydrogen-bond donors (Lipinski definition) is 1. The first-order valence-electron chi connectivity index (χ1n) is 9.99. The Morgan fingerprint density at radius 1 is 1.16 bits per heavy atom. The predicted octanol–water partition coefficient (Wildman–Crippen LogP) is 5.67. The van der Waals surface area contributed by atoms with Gasteiger partial charge in [-0.25, -0.2) is 0 Å². The van der Waals surface area contributed by atoms with Gasteiger partial charge in [0.2, 0.25) is 0 Å². The van der Waals surface area contributed by atoms with Crippen molar-refractivity contribution in [3.05, 3.63) is 86.2 Å². The van der Waals surface area contributed by atoms with Crippen molar-refractivity contribution in [1.82, 2.24) is 9.78 Å². The molecule has 0 saturated heterocycles. The maximum atomic E-state index is 12.9. The number of aryl methyl sites for hydroxylation is 4. The van der Waals surface area contributed by atoms with Crippen LogP contribution in [0.3, 0.4) is 0 Å². The Hall–Kier alpha value is -3.36. The molecule has 1 N–H and O–H groups in total. The van der Waals surface area contributed by atoms with Crippen LogP contribution in [0.25, 0.3) is 6.08 Å². The molecular weight excluding hydrogens is 408 g/mol. The minimum Gasteiger partial charge on any atom is -0.321 e. The second-order valence-corrected chi connectivity index (χ2v) is 8.14. The van der Waals surface area contributed by atoms with Crippen molar-refractivity contribution in [2.75, 3.05) is 5.32 Å². The first-order chi connectivity index (χ1) is 14.7. The fraction of sp³-hybridized carbons (Fsp3) is 0.240. The van der Waals surface area contributed by atoms with Crippen LogP contribution in [0.4, 0.5) is 5.69 Å². The molecule has 0 aliphatic rings. The molecule has 1 heterocycles. The maximum absolute atomic E-state index is 12.9. The van der Waals surface area contributed by atoms with Crippen molar-refractivity contribution in [2.45, 2.75) is 41.2 Å². The van der Waals surface area contributed by atoms with Crippen molar-refractivity contribution in [2.24, 2.45) is 0 Å². The van der Waals surface area contributed by atoms with Crippen LogP contribution in [0.1, 0.15) is 39.2 Å². The molecule has 31 heavy (non-hydrogen) atoms. The van der Waals surface area contributed by atoms with Crippen LogP contribution in [0.2, 0.25) is 5.02 Å². The molecule has 0 fully saturated rings. The summed E-state index contributed by atoms with van der Waals surface area (Å²) >= 11 is 6.28. The molecule has 0 aliphatic carbocycles. The third kappa shape index (κ3) is 4.87. The molecule has 0 spiro atoms. The van der Waals surface area contributed by atoms with Gasteiger partial charge in [-0.3, -0.25) is 9.48 Å². The Balaban J connectivity index is 1.91. The van der Waals surface area contributed by atoms with Crippen molar-refractivity contribution < 1.29 is 4.79 Å². The molecule has 1 amide bonds. The largest absolute Gasteiger partial charge is 0.321 e. The van der Waals surface area contributed by atoms with Gasteiger partial charge in [0, 0.05) is 22.0 Å².